The summed E-state index contributed by atoms with van der Waals surface area (Å²) in [5.74, 6) is 0.486. The monoisotopic (exact) mass is 493 g/mol. The number of ether oxygens (including phenoxy) is 1. The fourth-order valence-electron chi connectivity index (χ4n) is 3.90. The molecule has 0 aliphatic carbocycles. The standard InChI is InChI=1S/C27H19N5O3S/c1-35-26-15-21(20-4-2-3-19(13-20)16-28)6-8-25(26)32(27-10-12-30-18-31-27)36(33,34)24-7-5-23-17-29-11-9-22(23)14-24/h2-15,17-18H,1H3. The lowest BCUT2D eigenvalue weighted by Gasteiger charge is -2.25. The molecule has 3 aromatic carbocycles. The molecule has 5 rings (SSSR count). The first kappa shape index (κ1) is 23.0. The molecular weight excluding hydrogens is 474 g/mol. The zero-order valence-electron chi connectivity index (χ0n) is 19.1. The second-order valence-electron chi connectivity index (χ2n) is 7.80. The first-order chi connectivity index (χ1) is 17.5. The molecule has 176 valence electrons. The van der Waals surface area contributed by atoms with E-state index in [0.29, 0.717) is 11.3 Å². The highest BCUT2D eigenvalue weighted by atomic mass is 32.2. The van der Waals surface area contributed by atoms with Crippen LogP contribution in [0, 0.1) is 11.3 Å². The summed E-state index contributed by atoms with van der Waals surface area (Å²) in [6.07, 6.45) is 6.06. The second-order valence-corrected chi connectivity index (χ2v) is 9.59. The van der Waals surface area contributed by atoms with Crippen LogP contribution in [0.3, 0.4) is 0 Å². The minimum Gasteiger partial charge on any atom is -0.495 e. The van der Waals surface area contributed by atoms with Crippen molar-refractivity contribution >= 4 is 32.3 Å². The fourth-order valence-corrected chi connectivity index (χ4v) is 5.39. The number of hydrogen-bond donors (Lipinski definition) is 0. The van der Waals surface area contributed by atoms with Gasteiger partial charge in [0.15, 0.2) is 5.82 Å². The molecule has 36 heavy (non-hydrogen) atoms. The van der Waals surface area contributed by atoms with Gasteiger partial charge >= 0.3 is 0 Å². The molecule has 0 fully saturated rings. The molecule has 0 saturated carbocycles. The van der Waals surface area contributed by atoms with E-state index < -0.39 is 10.0 Å². The van der Waals surface area contributed by atoms with Crippen molar-refractivity contribution in [3.05, 3.63) is 103 Å². The first-order valence-electron chi connectivity index (χ1n) is 10.8. The Morgan fingerprint density at radius 3 is 2.50 bits per heavy atom. The largest absolute Gasteiger partial charge is 0.495 e. The predicted octanol–water partition coefficient (Wildman–Crippen LogP) is 5.10. The predicted molar refractivity (Wildman–Crippen MR) is 136 cm³/mol. The van der Waals surface area contributed by atoms with Crippen LogP contribution in [0.5, 0.6) is 5.75 Å². The number of fused-ring (bicyclic) bond motifs is 1. The van der Waals surface area contributed by atoms with E-state index >= 15 is 0 Å². The van der Waals surface area contributed by atoms with Crippen molar-refractivity contribution in [3.8, 4) is 22.9 Å². The van der Waals surface area contributed by atoms with E-state index in [9.17, 15) is 13.7 Å². The third-order valence-corrected chi connectivity index (χ3v) is 7.36. The van der Waals surface area contributed by atoms with Crippen LogP contribution in [-0.2, 0) is 10.0 Å². The number of rotatable bonds is 6. The molecule has 2 heterocycles. The van der Waals surface area contributed by atoms with Crippen LogP contribution >= 0.6 is 0 Å². The first-order valence-corrected chi connectivity index (χ1v) is 12.3. The molecule has 0 N–H and O–H groups in total. The summed E-state index contributed by atoms with van der Waals surface area (Å²) in [6, 6.07) is 22.6. The van der Waals surface area contributed by atoms with Crippen molar-refractivity contribution in [3.63, 3.8) is 0 Å². The van der Waals surface area contributed by atoms with E-state index in [0.717, 1.165) is 26.2 Å². The Hall–Kier alpha value is -4.81. The van der Waals surface area contributed by atoms with Crippen molar-refractivity contribution in [1.29, 1.82) is 5.26 Å². The highest BCUT2D eigenvalue weighted by Gasteiger charge is 2.30. The highest BCUT2D eigenvalue weighted by molar-refractivity contribution is 7.93. The van der Waals surface area contributed by atoms with Gasteiger partial charge in [-0.2, -0.15) is 5.26 Å². The van der Waals surface area contributed by atoms with Gasteiger partial charge in [-0.25, -0.2) is 22.7 Å². The van der Waals surface area contributed by atoms with Gasteiger partial charge in [-0.05, 0) is 59.0 Å². The van der Waals surface area contributed by atoms with E-state index in [1.54, 1.807) is 73.1 Å². The molecule has 8 nitrogen and oxygen atoms in total. The van der Waals surface area contributed by atoms with E-state index in [1.807, 2.05) is 6.07 Å². The molecule has 5 aromatic rings. The summed E-state index contributed by atoms with van der Waals surface area (Å²) < 4.78 is 34.9. The van der Waals surface area contributed by atoms with Gasteiger partial charge in [-0.1, -0.05) is 24.3 Å². The molecule has 0 spiro atoms. The summed E-state index contributed by atoms with van der Waals surface area (Å²) in [7, 11) is -2.65. The Bertz CT molecular complexity index is 1720. The van der Waals surface area contributed by atoms with Crippen LogP contribution in [0.4, 0.5) is 11.5 Å². The Labute approximate surface area is 208 Å². The van der Waals surface area contributed by atoms with Gasteiger partial charge in [0.05, 0.1) is 23.6 Å². The minimum absolute atomic E-state index is 0.0904. The SMILES string of the molecule is COc1cc(-c2cccc(C#N)c2)ccc1N(c1ccncn1)S(=O)(=O)c1ccc2cnccc2c1. The van der Waals surface area contributed by atoms with Gasteiger partial charge in [0.25, 0.3) is 10.0 Å². The molecule has 0 saturated heterocycles. The van der Waals surface area contributed by atoms with Gasteiger partial charge < -0.3 is 4.74 Å². The van der Waals surface area contributed by atoms with Crippen molar-refractivity contribution < 1.29 is 13.2 Å². The van der Waals surface area contributed by atoms with Gasteiger partial charge in [0, 0.05) is 30.0 Å². The number of aromatic nitrogens is 3. The molecule has 0 amide bonds. The van der Waals surface area contributed by atoms with Crippen molar-refractivity contribution in [2.45, 2.75) is 4.90 Å². The lowest BCUT2D eigenvalue weighted by Crippen LogP contribution is -2.27. The second kappa shape index (κ2) is 9.44. The Morgan fingerprint density at radius 1 is 0.889 bits per heavy atom. The van der Waals surface area contributed by atoms with Crippen LogP contribution in [-0.4, -0.2) is 30.5 Å². The lowest BCUT2D eigenvalue weighted by molar-refractivity contribution is 0.416. The van der Waals surface area contributed by atoms with E-state index in [1.165, 1.54) is 25.7 Å². The van der Waals surface area contributed by atoms with Gasteiger partial charge in [-0.15, -0.1) is 0 Å². The summed E-state index contributed by atoms with van der Waals surface area (Å²) >= 11 is 0. The number of nitrogens with zero attached hydrogens (tertiary/aromatic N) is 5. The molecule has 2 aromatic heterocycles. The van der Waals surface area contributed by atoms with Crippen LogP contribution in [0.15, 0.2) is 103 Å². The molecular formula is C27H19N5O3S. The Kier molecular flexibility index (Phi) is 6.02. The number of methoxy groups -OCH3 is 1. The zero-order valence-corrected chi connectivity index (χ0v) is 19.9. The average Bonchev–Trinajstić information content (AvgIpc) is 2.93. The summed E-state index contributed by atoms with van der Waals surface area (Å²) in [5, 5.41) is 10.8. The molecule has 0 atom stereocenters. The maximum atomic E-state index is 14.0. The van der Waals surface area contributed by atoms with Gasteiger partial charge in [-0.3, -0.25) is 4.98 Å². The summed E-state index contributed by atoms with van der Waals surface area (Å²) in [5.41, 5.74) is 2.38. The smallest absolute Gasteiger partial charge is 0.270 e. The quantitative estimate of drug-likeness (QED) is 0.324. The van der Waals surface area contributed by atoms with Crippen molar-refractivity contribution in [1.82, 2.24) is 15.0 Å². The van der Waals surface area contributed by atoms with Crippen LogP contribution in [0.2, 0.25) is 0 Å². The maximum absolute atomic E-state index is 14.0. The van der Waals surface area contributed by atoms with Crippen LogP contribution < -0.4 is 9.04 Å². The van der Waals surface area contributed by atoms with E-state index in [2.05, 4.69) is 21.0 Å². The summed E-state index contributed by atoms with van der Waals surface area (Å²) in [4.78, 5) is 12.3. The average molecular weight is 494 g/mol. The summed E-state index contributed by atoms with van der Waals surface area (Å²) in [6.45, 7) is 0. The number of pyridine rings is 1. The van der Waals surface area contributed by atoms with Crippen molar-refractivity contribution in [2.24, 2.45) is 0 Å². The molecule has 9 heteroatoms. The number of hydrogen-bond acceptors (Lipinski definition) is 7. The molecule has 0 aliphatic heterocycles. The van der Waals surface area contributed by atoms with Crippen LogP contribution in [0.25, 0.3) is 21.9 Å². The van der Waals surface area contributed by atoms with Gasteiger partial charge in [0.2, 0.25) is 0 Å². The minimum atomic E-state index is -4.12. The number of sulfonamides is 1. The highest BCUT2D eigenvalue weighted by Crippen LogP contribution is 2.40. The van der Waals surface area contributed by atoms with E-state index in [4.69, 9.17) is 4.74 Å². The third-order valence-electron chi connectivity index (χ3n) is 5.65. The fraction of sp³-hybridized carbons (Fsp3) is 0.0370. The molecule has 0 unspecified atom stereocenters. The lowest BCUT2D eigenvalue weighted by atomic mass is 10.0. The van der Waals surface area contributed by atoms with E-state index in [-0.39, 0.29) is 16.4 Å². The topological polar surface area (TPSA) is 109 Å². The molecule has 0 bridgehead atoms. The molecule has 0 radical (unpaired) electrons. The normalized spacial score (nSPS) is 11.1. The van der Waals surface area contributed by atoms with Crippen molar-refractivity contribution in [2.75, 3.05) is 11.4 Å². The number of anilines is 2. The Balaban J connectivity index is 1.68. The third kappa shape index (κ3) is 4.21. The number of benzene rings is 3. The maximum Gasteiger partial charge on any atom is 0.270 e. The Morgan fingerprint density at radius 2 is 1.72 bits per heavy atom. The van der Waals surface area contributed by atoms with Gasteiger partial charge in [0.1, 0.15) is 17.8 Å². The number of nitriles is 1. The zero-order chi connectivity index (χ0) is 25.1. The van der Waals surface area contributed by atoms with Crippen LogP contribution in [0.1, 0.15) is 5.56 Å². The molecule has 0 aliphatic rings.